The predicted octanol–water partition coefficient (Wildman–Crippen LogP) is 11.3. The summed E-state index contributed by atoms with van der Waals surface area (Å²) in [5.74, 6) is 0. The monoisotopic (exact) mass is 510 g/mol. The summed E-state index contributed by atoms with van der Waals surface area (Å²) in [6, 6.07) is 0. The normalized spacial score (nSPS) is 12.4. The van der Waals surface area contributed by atoms with Gasteiger partial charge in [0.2, 0.25) is 0 Å². The minimum atomic E-state index is -0.144. The highest BCUT2D eigenvalue weighted by atomic mass is 16.3. The maximum absolute atomic E-state index is 10.2. The molecule has 0 aliphatic rings. The van der Waals surface area contributed by atoms with Crippen molar-refractivity contribution in [2.45, 2.75) is 206 Å². The molecule has 36 heavy (non-hydrogen) atoms. The standard InChI is InChI=1S/C34H71NO/c1-3-5-7-9-11-13-15-17-18-19-20-22-24-26-28-30-32-35-33-34(36)31-29-27-25-23-21-16-14-12-10-8-6-4-2/h34-36H,3-33H2,1-2H3. The van der Waals surface area contributed by atoms with Gasteiger partial charge in [-0.1, -0.05) is 187 Å². The lowest BCUT2D eigenvalue weighted by Crippen LogP contribution is -2.27. The molecule has 0 spiro atoms. The highest BCUT2D eigenvalue weighted by Gasteiger charge is 2.03. The molecule has 1 unspecified atom stereocenters. The molecule has 0 saturated heterocycles. The average Bonchev–Trinajstić information content (AvgIpc) is 2.88. The van der Waals surface area contributed by atoms with Gasteiger partial charge in [-0.3, -0.25) is 0 Å². The number of unbranched alkanes of at least 4 members (excludes halogenated alkanes) is 26. The van der Waals surface area contributed by atoms with E-state index in [1.807, 2.05) is 0 Å². The molecule has 0 aromatic heterocycles. The maximum atomic E-state index is 10.2. The van der Waals surface area contributed by atoms with E-state index in [4.69, 9.17) is 0 Å². The van der Waals surface area contributed by atoms with Crippen LogP contribution in [0.1, 0.15) is 200 Å². The van der Waals surface area contributed by atoms with Gasteiger partial charge in [0.1, 0.15) is 0 Å². The third-order valence-corrected chi connectivity index (χ3v) is 7.98. The van der Waals surface area contributed by atoms with Crippen molar-refractivity contribution >= 4 is 0 Å². The van der Waals surface area contributed by atoms with Gasteiger partial charge >= 0.3 is 0 Å². The molecule has 0 aromatic rings. The van der Waals surface area contributed by atoms with E-state index < -0.39 is 0 Å². The van der Waals surface area contributed by atoms with E-state index in [2.05, 4.69) is 19.2 Å². The van der Waals surface area contributed by atoms with Gasteiger partial charge in [-0.25, -0.2) is 0 Å². The Labute approximate surface area is 229 Å². The molecule has 0 fully saturated rings. The zero-order chi connectivity index (χ0) is 26.2. The lowest BCUT2D eigenvalue weighted by atomic mass is 10.0. The summed E-state index contributed by atoms with van der Waals surface area (Å²) < 4.78 is 0. The van der Waals surface area contributed by atoms with E-state index in [0.29, 0.717) is 0 Å². The minimum Gasteiger partial charge on any atom is -0.392 e. The molecule has 0 saturated carbocycles. The van der Waals surface area contributed by atoms with E-state index in [1.54, 1.807) is 0 Å². The Bertz CT molecular complexity index is 372. The van der Waals surface area contributed by atoms with Crippen LogP contribution in [0.2, 0.25) is 0 Å². The van der Waals surface area contributed by atoms with E-state index >= 15 is 0 Å². The lowest BCUT2D eigenvalue weighted by Gasteiger charge is -2.11. The van der Waals surface area contributed by atoms with Crippen molar-refractivity contribution in [3.63, 3.8) is 0 Å². The van der Waals surface area contributed by atoms with Gasteiger partial charge in [0, 0.05) is 6.54 Å². The molecule has 0 heterocycles. The van der Waals surface area contributed by atoms with Gasteiger partial charge in [-0.2, -0.15) is 0 Å². The quantitative estimate of drug-likeness (QED) is 0.0883. The third-order valence-electron chi connectivity index (χ3n) is 7.98. The molecule has 218 valence electrons. The van der Waals surface area contributed by atoms with E-state index in [-0.39, 0.29) is 6.10 Å². The molecule has 0 aliphatic carbocycles. The van der Waals surface area contributed by atoms with Crippen molar-refractivity contribution in [3.05, 3.63) is 0 Å². The minimum absolute atomic E-state index is 0.144. The van der Waals surface area contributed by atoms with Crippen LogP contribution in [0.25, 0.3) is 0 Å². The molecular weight excluding hydrogens is 438 g/mol. The fourth-order valence-electron chi connectivity index (χ4n) is 5.39. The molecule has 0 bridgehead atoms. The molecule has 2 heteroatoms. The van der Waals surface area contributed by atoms with Crippen LogP contribution in [-0.4, -0.2) is 24.3 Å². The Morgan fingerprint density at radius 1 is 0.389 bits per heavy atom. The van der Waals surface area contributed by atoms with Gasteiger partial charge in [0.05, 0.1) is 6.10 Å². The van der Waals surface area contributed by atoms with Gasteiger partial charge in [0.15, 0.2) is 0 Å². The largest absolute Gasteiger partial charge is 0.392 e. The predicted molar refractivity (Wildman–Crippen MR) is 164 cm³/mol. The Hall–Kier alpha value is -0.0800. The van der Waals surface area contributed by atoms with Gasteiger partial charge in [-0.05, 0) is 19.4 Å². The van der Waals surface area contributed by atoms with Crippen LogP contribution < -0.4 is 5.32 Å². The maximum Gasteiger partial charge on any atom is 0.0664 e. The number of rotatable bonds is 32. The molecular formula is C34H71NO. The van der Waals surface area contributed by atoms with Crippen LogP contribution in [0.4, 0.5) is 0 Å². The highest BCUT2D eigenvalue weighted by Crippen LogP contribution is 2.14. The second kappa shape index (κ2) is 32.9. The van der Waals surface area contributed by atoms with Gasteiger partial charge in [-0.15, -0.1) is 0 Å². The Morgan fingerprint density at radius 3 is 1.00 bits per heavy atom. The summed E-state index contributed by atoms with van der Waals surface area (Å²) in [7, 11) is 0. The number of aliphatic hydroxyl groups excluding tert-OH is 1. The van der Waals surface area contributed by atoms with Crippen LogP contribution in [0, 0.1) is 0 Å². The summed E-state index contributed by atoms with van der Waals surface area (Å²) in [6.45, 7) is 6.45. The second-order valence-electron chi connectivity index (χ2n) is 11.8. The van der Waals surface area contributed by atoms with E-state index in [0.717, 1.165) is 19.5 Å². The molecule has 0 radical (unpaired) electrons. The fourth-order valence-corrected chi connectivity index (χ4v) is 5.39. The average molecular weight is 510 g/mol. The van der Waals surface area contributed by atoms with Crippen LogP contribution >= 0.6 is 0 Å². The summed E-state index contributed by atoms with van der Waals surface area (Å²) in [4.78, 5) is 0. The van der Waals surface area contributed by atoms with Gasteiger partial charge in [0.25, 0.3) is 0 Å². The second-order valence-corrected chi connectivity index (χ2v) is 11.8. The fraction of sp³-hybridized carbons (Fsp3) is 1.00. The van der Waals surface area contributed by atoms with Gasteiger partial charge < -0.3 is 10.4 Å². The van der Waals surface area contributed by atoms with Crippen LogP contribution in [0.5, 0.6) is 0 Å². The van der Waals surface area contributed by atoms with E-state index in [9.17, 15) is 5.11 Å². The van der Waals surface area contributed by atoms with Crippen molar-refractivity contribution in [1.29, 1.82) is 0 Å². The summed E-state index contributed by atoms with van der Waals surface area (Å²) in [5.41, 5.74) is 0. The number of nitrogens with one attached hydrogen (secondary N) is 1. The zero-order valence-corrected chi connectivity index (χ0v) is 25.4. The molecule has 2 nitrogen and oxygen atoms in total. The number of hydrogen-bond acceptors (Lipinski definition) is 2. The molecule has 0 aliphatic heterocycles. The van der Waals surface area contributed by atoms with Crippen molar-refractivity contribution in [2.24, 2.45) is 0 Å². The van der Waals surface area contributed by atoms with Crippen LogP contribution in [0.3, 0.4) is 0 Å². The van der Waals surface area contributed by atoms with E-state index in [1.165, 1.54) is 180 Å². The lowest BCUT2D eigenvalue weighted by molar-refractivity contribution is 0.158. The van der Waals surface area contributed by atoms with Crippen molar-refractivity contribution < 1.29 is 5.11 Å². The summed E-state index contributed by atoms with van der Waals surface area (Å²) in [6.07, 6.45) is 40.2. The molecule has 0 aromatic carbocycles. The molecule has 2 N–H and O–H groups in total. The topological polar surface area (TPSA) is 32.3 Å². The zero-order valence-electron chi connectivity index (χ0n) is 25.4. The smallest absolute Gasteiger partial charge is 0.0664 e. The first-order valence-corrected chi connectivity index (χ1v) is 17.2. The third kappa shape index (κ3) is 31.9. The van der Waals surface area contributed by atoms with Crippen LogP contribution in [-0.2, 0) is 0 Å². The SMILES string of the molecule is CCCCCCCCCCCCCCCCCCNCC(O)CCCCCCCCCCCCCC. The number of hydrogen-bond donors (Lipinski definition) is 2. The molecule has 1 atom stereocenters. The summed E-state index contributed by atoms with van der Waals surface area (Å²) >= 11 is 0. The van der Waals surface area contributed by atoms with Crippen LogP contribution in [0.15, 0.2) is 0 Å². The Morgan fingerprint density at radius 2 is 0.667 bits per heavy atom. The Kier molecular flexibility index (Phi) is 32.9. The number of aliphatic hydroxyl groups is 1. The van der Waals surface area contributed by atoms with Crippen molar-refractivity contribution in [3.8, 4) is 0 Å². The van der Waals surface area contributed by atoms with Crippen molar-refractivity contribution in [1.82, 2.24) is 5.32 Å². The highest BCUT2D eigenvalue weighted by molar-refractivity contribution is 4.60. The van der Waals surface area contributed by atoms with Crippen molar-refractivity contribution in [2.75, 3.05) is 13.1 Å². The molecule has 0 amide bonds. The summed E-state index contributed by atoms with van der Waals surface area (Å²) in [5, 5.41) is 13.7. The first-order valence-electron chi connectivity index (χ1n) is 17.2. The molecule has 0 rings (SSSR count). The Balaban J connectivity index is 3.12. The first kappa shape index (κ1) is 35.9. The first-order chi connectivity index (χ1) is 17.8.